The number of nitrogens with one attached hydrogen (secondary N) is 5. The Morgan fingerprint density at radius 2 is 1.52 bits per heavy atom. The molecule has 0 fully saturated rings. The molecule has 0 aliphatic heterocycles. The third kappa shape index (κ3) is 8.64. The summed E-state index contributed by atoms with van der Waals surface area (Å²) in [6, 6.07) is 6.84. The summed E-state index contributed by atoms with van der Waals surface area (Å²) < 4.78 is 0. The number of hydrogen-bond acceptors (Lipinski definition) is 9. The predicted octanol–water partition coefficient (Wildman–Crippen LogP) is 0.678. The van der Waals surface area contributed by atoms with E-state index in [0.29, 0.717) is 73.0 Å². The van der Waals surface area contributed by atoms with Crippen LogP contribution in [0.15, 0.2) is 24.3 Å². The standard InChI is InChI=1S/C20H30ClN7O3/c1-14-17(19(31)27-16-4-2-15(21)3-5-16)18(24-8-6-22-10-12-29)28-20(26-14)25-9-7-23-11-13-30/h2-5,22-23,29-30H,6-13H2,1H3,(H,27,31)(H2,24,25,26,28). The number of aryl methyl sites for hydroxylation is 1. The Morgan fingerprint density at radius 1 is 0.903 bits per heavy atom. The van der Waals surface area contributed by atoms with Gasteiger partial charge in [0.05, 0.1) is 18.9 Å². The molecule has 1 aromatic heterocycles. The van der Waals surface area contributed by atoms with Gasteiger partial charge >= 0.3 is 0 Å². The number of halogens is 1. The van der Waals surface area contributed by atoms with Crippen LogP contribution in [0.2, 0.25) is 5.02 Å². The maximum absolute atomic E-state index is 13.0. The van der Waals surface area contributed by atoms with Crippen molar-refractivity contribution >= 4 is 35.0 Å². The van der Waals surface area contributed by atoms with E-state index in [9.17, 15) is 4.79 Å². The van der Waals surface area contributed by atoms with E-state index in [2.05, 4.69) is 36.6 Å². The van der Waals surface area contributed by atoms with Gasteiger partial charge in [-0.25, -0.2) is 4.98 Å². The molecule has 31 heavy (non-hydrogen) atoms. The molecule has 0 saturated heterocycles. The molecule has 10 nitrogen and oxygen atoms in total. The molecule has 0 spiro atoms. The second kappa shape index (κ2) is 13.7. The van der Waals surface area contributed by atoms with Crippen LogP contribution < -0.4 is 26.6 Å². The Balaban J connectivity index is 2.14. The molecule has 7 N–H and O–H groups in total. The Kier molecular flexibility index (Phi) is 11.0. The SMILES string of the molecule is Cc1nc(NCCNCCO)nc(NCCNCCO)c1C(=O)Nc1ccc(Cl)cc1. The number of anilines is 3. The van der Waals surface area contributed by atoms with Gasteiger partial charge in [0.15, 0.2) is 0 Å². The van der Waals surface area contributed by atoms with Gasteiger partial charge in [-0.15, -0.1) is 0 Å². The summed E-state index contributed by atoms with van der Waals surface area (Å²) in [5, 5.41) is 33.5. The highest BCUT2D eigenvalue weighted by atomic mass is 35.5. The molecule has 1 amide bonds. The van der Waals surface area contributed by atoms with Gasteiger partial charge in [-0.2, -0.15) is 4.98 Å². The monoisotopic (exact) mass is 451 g/mol. The predicted molar refractivity (Wildman–Crippen MR) is 123 cm³/mol. The minimum Gasteiger partial charge on any atom is -0.395 e. The molecule has 0 saturated carbocycles. The summed E-state index contributed by atoms with van der Waals surface area (Å²) in [7, 11) is 0. The topological polar surface area (TPSA) is 143 Å². The van der Waals surface area contributed by atoms with Crippen LogP contribution in [-0.4, -0.2) is 78.6 Å². The van der Waals surface area contributed by atoms with Crippen LogP contribution in [-0.2, 0) is 0 Å². The van der Waals surface area contributed by atoms with Gasteiger partial charge in [0.2, 0.25) is 5.95 Å². The zero-order valence-electron chi connectivity index (χ0n) is 17.5. The summed E-state index contributed by atoms with van der Waals surface area (Å²) >= 11 is 5.91. The number of carbonyl (C=O) groups excluding carboxylic acids is 1. The van der Waals surface area contributed by atoms with E-state index in [1.54, 1.807) is 31.2 Å². The summed E-state index contributed by atoms with van der Waals surface area (Å²) in [6.07, 6.45) is 0. The maximum Gasteiger partial charge on any atom is 0.261 e. The second-order valence-electron chi connectivity index (χ2n) is 6.62. The molecule has 0 aliphatic rings. The number of aliphatic hydroxyl groups is 2. The first-order chi connectivity index (χ1) is 15.0. The highest BCUT2D eigenvalue weighted by Crippen LogP contribution is 2.21. The average molecular weight is 452 g/mol. The zero-order chi connectivity index (χ0) is 22.5. The molecule has 0 unspecified atom stereocenters. The molecule has 2 rings (SSSR count). The molecular weight excluding hydrogens is 422 g/mol. The summed E-state index contributed by atoms with van der Waals surface area (Å²) in [4.78, 5) is 21.8. The van der Waals surface area contributed by atoms with Crippen LogP contribution in [0, 0.1) is 6.92 Å². The summed E-state index contributed by atoms with van der Waals surface area (Å²) in [5.74, 6) is 0.481. The van der Waals surface area contributed by atoms with Crippen molar-refractivity contribution in [2.45, 2.75) is 6.92 Å². The smallest absolute Gasteiger partial charge is 0.261 e. The number of benzene rings is 1. The van der Waals surface area contributed by atoms with Gasteiger partial charge in [-0.05, 0) is 31.2 Å². The summed E-state index contributed by atoms with van der Waals surface area (Å²) in [5.41, 5.74) is 1.49. The van der Waals surface area contributed by atoms with Gasteiger partial charge < -0.3 is 36.8 Å². The number of aromatic nitrogens is 2. The molecule has 0 atom stereocenters. The third-order valence-corrected chi connectivity index (χ3v) is 4.43. The van der Waals surface area contributed by atoms with Gasteiger partial charge in [0.25, 0.3) is 5.91 Å². The van der Waals surface area contributed by atoms with Crippen LogP contribution in [0.1, 0.15) is 16.1 Å². The summed E-state index contributed by atoms with van der Waals surface area (Å²) in [6.45, 7) is 5.18. The van der Waals surface area contributed by atoms with E-state index in [1.165, 1.54) is 0 Å². The molecule has 1 aromatic carbocycles. The van der Waals surface area contributed by atoms with Crippen molar-refractivity contribution in [1.29, 1.82) is 0 Å². The minimum absolute atomic E-state index is 0.0553. The second-order valence-corrected chi connectivity index (χ2v) is 7.05. The van der Waals surface area contributed by atoms with Crippen LogP contribution in [0.5, 0.6) is 0 Å². The lowest BCUT2D eigenvalue weighted by Crippen LogP contribution is -2.27. The van der Waals surface area contributed by atoms with E-state index in [0.717, 1.165) is 0 Å². The lowest BCUT2D eigenvalue weighted by Gasteiger charge is -2.16. The quantitative estimate of drug-likeness (QED) is 0.206. The fourth-order valence-electron chi connectivity index (χ4n) is 2.72. The largest absolute Gasteiger partial charge is 0.395 e. The average Bonchev–Trinajstić information content (AvgIpc) is 2.75. The molecule has 2 aromatic rings. The Bertz CT molecular complexity index is 821. The molecule has 11 heteroatoms. The van der Waals surface area contributed by atoms with E-state index in [4.69, 9.17) is 21.8 Å². The molecule has 0 radical (unpaired) electrons. The zero-order valence-corrected chi connectivity index (χ0v) is 18.3. The Labute approximate surface area is 186 Å². The van der Waals surface area contributed by atoms with Gasteiger partial charge in [-0.3, -0.25) is 4.79 Å². The maximum atomic E-state index is 13.0. The van der Waals surface area contributed by atoms with Crippen LogP contribution in [0.3, 0.4) is 0 Å². The number of carbonyl (C=O) groups is 1. The van der Waals surface area contributed by atoms with Crippen LogP contribution in [0.25, 0.3) is 0 Å². The van der Waals surface area contributed by atoms with Crippen molar-refractivity contribution in [2.75, 3.05) is 68.4 Å². The number of aliphatic hydroxyl groups excluding tert-OH is 2. The van der Waals surface area contributed by atoms with Crippen molar-refractivity contribution < 1.29 is 15.0 Å². The number of nitrogens with zero attached hydrogens (tertiary/aromatic N) is 2. The fourth-order valence-corrected chi connectivity index (χ4v) is 2.84. The number of rotatable bonds is 14. The lowest BCUT2D eigenvalue weighted by molar-refractivity contribution is 0.102. The van der Waals surface area contributed by atoms with E-state index in [-0.39, 0.29) is 19.1 Å². The van der Waals surface area contributed by atoms with Crippen LogP contribution in [0.4, 0.5) is 17.5 Å². The number of amides is 1. The van der Waals surface area contributed by atoms with Crippen LogP contribution >= 0.6 is 11.6 Å². The van der Waals surface area contributed by atoms with Crippen molar-refractivity contribution in [3.8, 4) is 0 Å². The Hall–Kier alpha value is -2.50. The molecule has 0 aliphatic carbocycles. The Morgan fingerprint density at radius 3 is 2.13 bits per heavy atom. The van der Waals surface area contributed by atoms with E-state index < -0.39 is 0 Å². The van der Waals surface area contributed by atoms with Gasteiger partial charge in [-0.1, -0.05) is 11.6 Å². The van der Waals surface area contributed by atoms with Crippen molar-refractivity contribution in [3.05, 3.63) is 40.5 Å². The molecule has 170 valence electrons. The first-order valence-corrected chi connectivity index (χ1v) is 10.5. The molecule has 0 bridgehead atoms. The fraction of sp³-hybridized carbons (Fsp3) is 0.450. The highest BCUT2D eigenvalue weighted by molar-refractivity contribution is 6.30. The molecule has 1 heterocycles. The van der Waals surface area contributed by atoms with Crippen molar-refractivity contribution in [2.24, 2.45) is 0 Å². The lowest BCUT2D eigenvalue weighted by atomic mass is 10.2. The highest BCUT2D eigenvalue weighted by Gasteiger charge is 2.19. The van der Waals surface area contributed by atoms with Crippen molar-refractivity contribution in [1.82, 2.24) is 20.6 Å². The van der Waals surface area contributed by atoms with E-state index in [1.807, 2.05) is 0 Å². The first-order valence-electron chi connectivity index (χ1n) is 10.1. The minimum atomic E-state index is -0.332. The first kappa shape index (κ1) is 24.8. The van der Waals surface area contributed by atoms with Gasteiger partial charge in [0, 0.05) is 50.0 Å². The normalized spacial score (nSPS) is 10.7. The van der Waals surface area contributed by atoms with Gasteiger partial charge in [0.1, 0.15) is 11.4 Å². The van der Waals surface area contributed by atoms with Crippen molar-refractivity contribution in [3.63, 3.8) is 0 Å². The van der Waals surface area contributed by atoms with E-state index >= 15 is 0 Å². The molecular formula is C20H30ClN7O3. The third-order valence-electron chi connectivity index (χ3n) is 4.18. The number of hydrogen-bond donors (Lipinski definition) is 7.